The number of thiophene rings is 1. The van der Waals surface area contributed by atoms with Gasteiger partial charge in [-0.1, -0.05) is 6.07 Å². The van der Waals surface area contributed by atoms with E-state index in [1.807, 2.05) is 23.6 Å². The topological polar surface area (TPSA) is 28.2 Å². The molecule has 1 unspecified atom stereocenters. The molecule has 0 aliphatic carbocycles. The minimum atomic E-state index is 0.301. The summed E-state index contributed by atoms with van der Waals surface area (Å²) in [5.74, 6) is 0. The summed E-state index contributed by atoms with van der Waals surface area (Å²) in [5.41, 5.74) is 2.51. The molecule has 1 N–H and O–H groups in total. The zero-order chi connectivity index (χ0) is 13.8. The van der Waals surface area contributed by atoms with Gasteiger partial charge in [0, 0.05) is 30.7 Å². The molecule has 3 nitrogen and oxygen atoms in total. The second-order valence-electron chi connectivity index (χ2n) is 5.32. The van der Waals surface area contributed by atoms with E-state index in [2.05, 4.69) is 45.7 Å². The van der Waals surface area contributed by atoms with Gasteiger partial charge >= 0.3 is 0 Å². The van der Waals surface area contributed by atoms with Crippen LogP contribution in [0, 0.1) is 6.92 Å². The van der Waals surface area contributed by atoms with Crippen molar-refractivity contribution in [1.29, 1.82) is 0 Å². The van der Waals surface area contributed by atoms with Gasteiger partial charge in [-0.3, -0.25) is 9.88 Å². The Bertz CT molecular complexity index is 530. The Morgan fingerprint density at radius 3 is 3.00 bits per heavy atom. The highest BCUT2D eigenvalue weighted by molar-refractivity contribution is 7.10. The van der Waals surface area contributed by atoms with Gasteiger partial charge in [0.2, 0.25) is 0 Å². The van der Waals surface area contributed by atoms with Crippen molar-refractivity contribution in [2.24, 2.45) is 0 Å². The van der Waals surface area contributed by atoms with Crippen LogP contribution in [0.3, 0.4) is 0 Å². The molecular weight excluding hydrogens is 266 g/mol. The van der Waals surface area contributed by atoms with Gasteiger partial charge in [-0.15, -0.1) is 11.3 Å². The van der Waals surface area contributed by atoms with E-state index in [-0.39, 0.29) is 0 Å². The van der Waals surface area contributed by atoms with Gasteiger partial charge in [-0.05, 0) is 49.0 Å². The monoisotopic (exact) mass is 287 g/mol. The standard InChI is InChI=1S/C16H21N3S/c1-13-11-15(20-12-13)16(14-5-2-3-7-18-14)19-9-4-6-17-8-10-19/h2-3,5,7,11-12,16-17H,4,6,8-10H2,1H3. The molecule has 1 saturated heterocycles. The highest BCUT2D eigenvalue weighted by atomic mass is 32.1. The Kier molecular flexibility index (Phi) is 4.45. The van der Waals surface area contributed by atoms with Crippen LogP contribution < -0.4 is 5.32 Å². The van der Waals surface area contributed by atoms with Crippen LogP contribution >= 0.6 is 11.3 Å². The summed E-state index contributed by atoms with van der Waals surface area (Å²) in [6.07, 6.45) is 3.10. The Labute approximate surface area is 124 Å². The van der Waals surface area contributed by atoms with Crippen LogP contribution in [0.15, 0.2) is 35.8 Å². The molecule has 2 aromatic heterocycles. The fourth-order valence-corrected chi connectivity index (χ4v) is 3.81. The number of nitrogens with one attached hydrogen (secondary N) is 1. The molecule has 0 bridgehead atoms. The molecule has 2 aromatic rings. The molecule has 0 spiro atoms. The van der Waals surface area contributed by atoms with Crippen LogP contribution in [0.5, 0.6) is 0 Å². The molecule has 1 fully saturated rings. The molecule has 0 aromatic carbocycles. The molecule has 3 heterocycles. The van der Waals surface area contributed by atoms with E-state index in [9.17, 15) is 0 Å². The van der Waals surface area contributed by atoms with Crippen molar-refractivity contribution >= 4 is 11.3 Å². The van der Waals surface area contributed by atoms with E-state index in [0.717, 1.165) is 31.9 Å². The van der Waals surface area contributed by atoms with Gasteiger partial charge in [0.1, 0.15) is 0 Å². The van der Waals surface area contributed by atoms with Crippen molar-refractivity contribution in [3.8, 4) is 0 Å². The predicted octanol–water partition coefficient (Wildman–Crippen LogP) is 2.84. The summed E-state index contributed by atoms with van der Waals surface area (Å²) in [5, 5.41) is 5.72. The van der Waals surface area contributed by atoms with Crippen LogP contribution in [0.2, 0.25) is 0 Å². The van der Waals surface area contributed by atoms with E-state index in [1.165, 1.54) is 16.9 Å². The number of hydrogen-bond donors (Lipinski definition) is 1. The zero-order valence-corrected chi connectivity index (χ0v) is 12.7. The van der Waals surface area contributed by atoms with Crippen molar-refractivity contribution in [3.63, 3.8) is 0 Å². The average Bonchev–Trinajstić information content (AvgIpc) is 2.74. The summed E-state index contributed by atoms with van der Waals surface area (Å²) in [7, 11) is 0. The third kappa shape index (κ3) is 3.08. The van der Waals surface area contributed by atoms with Crippen LogP contribution in [0.1, 0.15) is 28.6 Å². The lowest BCUT2D eigenvalue weighted by atomic mass is 10.1. The molecule has 0 saturated carbocycles. The zero-order valence-electron chi connectivity index (χ0n) is 11.9. The molecule has 1 aliphatic rings. The van der Waals surface area contributed by atoms with E-state index in [4.69, 9.17) is 0 Å². The van der Waals surface area contributed by atoms with Gasteiger partial charge in [0.05, 0.1) is 11.7 Å². The third-order valence-corrected chi connectivity index (χ3v) is 4.83. The first-order valence-corrected chi connectivity index (χ1v) is 8.13. The predicted molar refractivity (Wildman–Crippen MR) is 84.2 cm³/mol. The van der Waals surface area contributed by atoms with E-state index < -0.39 is 0 Å². The Morgan fingerprint density at radius 1 is 1.30 bits per heavy atom. The van der Waals surface area contributed by atoms with Crippen molar-refractivity contribution in [1.82, 2.24) is 15.2 Å². The molecule has 20 heavy (non-hydrogen) atoms. The fraction of sp³-hybridized carbons (Fsp3) is 0.438. The van der Waals surface area contributed by atoms with E-state index >= 15 is 0 Å². The maximum absolute atomic E-state index is 4.62. The number of aryl methyl sites for hydroxylation is 1. The molecule has 1 aliphatic heterocycles. The van der Waals surface area contributed by atoms with Crippen LogP contribution in [-0.2, 0) is 0 Å². The largest absolute Gasteiger partial charge is 0.315 e. The molecule has 0 amide bonds. The van der Waals surface area contributed by atoms with E-state index in [1.54, 1.807) is 0 Å². The highest BCUT2D eigenvalue weighted by Crippen LogP contribution is 2.32. The molecule has 3 rings (SSSR count). The number of rotatable bonds is 3. The number of pyridine rings is 1. The second-order valence-corrected chi connectivity index (χ2v) is 6.27. The van der Waals surface area contributed by atoms with Gasteiger partial charge < -0.3 is 5.32 Å². The molecule has 0 radical (unpaired) electrons. The minimum Gasteiger partial charge on any atom is -0.315 e. The Morgan fingerprint density at radius 2 is 2.25 bits per heavy atom. The molecule has 106 valence electrons. The maximum Gasteiger partial charge on any atom is 0.0870 e. The lowest BCUT2D eigenvalue weighted by molar-refractivity contribution is 0.240. The summed E-state index contributed by atoms with van der Waals surface area (Å²) >= 11 is 1.85. The summed E-state index contributed by atoms with van der Waals surface area (Å²) < 4.78 is 0. The Hall–Kier alpha value is -1.23. The first kappa shape index (κ1) is 13.7. The maximum atomic E-state index is 4.62. The minimum absolute atomic E-state index is 0.301. The number of aromatic nitrogens is 1. The summed E-state index contributed by atoms with van der Waals surface area (Å²) in [6.45, 7) is 6.56. The van der Waals surface area contributed by atoms with Crippen LogP contribution in [-0.4, -0.2) is 36.1 Å². The van der Waals surface area contributed by atoms with Crippen LogP contribution in [0.25, 0.3) is 0 Å². The SMILES string of the molecule is Cc1csc(C(c2ccccn2)N2CCCNCC2)c1. The average molecular weight is 287 g/mol. The van der Waals surface area contributed by atoms with E-state index in [0.29, 0.717) is 6.04 Å². The molecule has 1 atom stereocenters. The van der Waals surface area contributed by atoms with Gasteiger partial charge in [-0.2, -0.15) is 0 Å². The van der Waals surface area contributed by atoms with Crippen LogP contribution in [0.4, 0.5) is 0 Å². The third-order valence-electron chi connectivity index (χ3n) is 3.73. The quantitative estimate of drug-likeness (QED) is 0.941. The summed E-state index contributed by atoms with van der Waals surface area (Å²) in [4.78, 5) is 8.58. The second kappa shape index (κ2) is 6.48. The number of nitrogens with zero attached hydrogens (tertiary/aromatic N) is 2. The van der Waals surface area contributed by atoms with Crippen molar-refractivity contribution < 1.29 is 0 Å². The lowest BCUT2D eigenvalue weighted by Crippen LogP contribution is -2.33. The highest BCUT2D eigenvalue weighted by Gasteiger charge is 2.25. The summed E-state index contributed by atoms with van der Waals surface area (Å²) in [6, 6.07) is 8.84. The first-order valence-electron chi connectivity index (χ1n) is 7.25. The lowest BCUT2D eigenvalue weighted by Gasteiger charge is -2.29. The fourth-order valence-electron chi connectivity index (χ4n) is 2.77. The molecular formula is C16H21N3S. The van der Waals surface area contributed by atoms with Gasteiger partial charge in [-0.25, -0.2) is 0 Å². The van der Waals surface area contributed by atoms with Gasteiger partial charge in [0.15, 0.2) is 0 Å². The Balaban J connectivity index is 1.94. The molecule has 4 heteroatoms. The first-order chi connectivity index (χ1) is 9.84. The van der Waals surface area contributed by atoms with Crippen molar-refractivity contribution in [3.05, 3.63) is 52.0 Å². The number of hydrogen-bond acceptors (Lipinski definition) is 4. The normalized spacial score (nSPS) is 18.6. The van der Waals surface area contributed by atoms with Gasteiger partial charge in [0.25, 0.3) is 0 Å². The van der Waals surface area contributed by atoms with Crippen molar-refractivity contribution in [2.75, 3.05) is 26.2 Å². The smallest absolute Gasteiger partial charge is 0.0870 e. The van der Waals surface area contributed by atoms with Crippen molar-refractivity contribution in [2.45, 2.75) is 19.4 Å².